The first-order valence-corrected chi connectivity index (χ1v) is 8.17. The first-order chi connectivity index (χ1) is 10.4. The molecule has 0 saturated heterocycles. The van der Waals surface area contributed by atoms with Gasteiger partial charge in [0, 0.05) is 24.3 Å². The van der Waals surface area contributed by atoms with E-state index in [0.29, 0.717) is 16.3 Å². The highest BCUT2D eigenvalue weighted by atomic mass is 32.1. The number of rotatable bonds is 6. The van der Waals surface area contributed by atoms with Gasteiger partial charge in [-0.1, -0.05) is 6.92 Å². The van der Waals surface area contributed by atoms with Gasteiger partial charge in [-0.2, -0.15) is 5.10 Å². The van der Waals surface area contributed by atoms with Crippen molar-refractivity contribution in [2.75, 3.05) is 0 Å². The highest BCUT2D eigenvalue weighted by molar-refractivity contribution is 7.15. The molecule has 1 N–H and O–H groups in total. The fourth-order valence-corrected chi connectivity index (χ4v) is 3.14. The predicted octanol–water partition coefficient (Wildman–Crippen LogP) is 3.10. The summed E-state index contributed by atoms with van der Waals surface area (Å²) >= 11 is 1.22. The number of hydrogen-bond donors (Lipinski definition) is 1. The van der Waals surface area contributed by atoms with E-state index in [1.54, 1.807) is 12.1 Å². The van der Waals surface area contributed by atoms with Crippen LogP contribution in [0.4, 0.5) is 0 Å². The molecule has 0 aliphatic heterocycles. The van der Waals surface area contributed by atoms with Gasteiger partial charge in [-0.05, 0) is 39.3 Å². The summed E-state index contributed by atoms with van der Waals surface area (Å²) in [5.41, 5.74) is 3.10. The summed E-state index contributed by atoms with van der Waals surface area (Å²) in [5.74, 6) is -0.170. The predicted molar refractivity (Wildman–Crippen MR) is 87.5 cm³/mol. The van der Waals surface area contributed by atoms with Gasteiger partial charge in [0.2, 0.25) is 0 Å². The van der Waals surface area contributed by atoms with Crippen LogP contribution >= 0.6 is 11.3 Å². The molecule has 5 nitrogen and oxygen atoms in total. The maximum atomic E-state index is 12.2. The zero-order valence-electron chi connectivity index (χ0n) is 13.4. The molecule has 2 rings (SSSR count). The van der Waals surface area contributed by atoms with Gasteiger partial charge in [0.25, 0.3) is 5.91 Å². The molecule has 0 aliphatic carbocycles. The van der Waals surface area contributed by atoms with E-state index in [1.807, 2.05) is 18.5 Å². The van der Waals surface area contributed by atoms with Crippen LogP contribution in [0.1, 0.15) is 56.6 Å². The zero-order valence-corrected chi connectivity index (χ0v) is 14.2. The van der Waals surface area contributed by atoms with Crippen molar-refractivity contribution < 1.29 is 9.59 Å². The number of nitrogens with one attached hydrogen (secondary N) is 1. The Bertz CT molecular complexity index is 700. The summed E-state index contributed by atoms with van der Waals surface area (Å²) in [5, 5.41) is 7.41. The summed E-state index contributed by atoms with van der Waals surface area (Å²) in [6.07, 6.45) is 1.02. The summed E-state index contributed by atoms with van der Waals surface area (Å²) in [4.78, 5) is 24.6. The Morgan fingerprint density at radius 2 is 1.95 bits per heavy atom. The monoisotopic (exact) mass is 319 g/mol. The molecular formula is C16H21N3O2S. The topological polar surface area (TPSA) is 64.0 Å². The Morgan fingerprint density at radius 3 is 2.55 bits per heavy atom. The van der Waals surface area contributed by atoms with Crippen LogP contribution in [0.5, 0.6) is 0 Å². The van der Waals surface area contributed by atoms with Crippen molar-refractivity contribution in [3.8, 4) is 0 Å². The fraction of sp³-hybridized carbons (Fsp3) is 0.438. The molecule has 0 unspecified atom stereocenters. The highest BCUT2D eigenvalue weighted by Crippen LogP contribution is 2.18. The van der Waals surface area contributed by atoms with Gasteiger partial charge in [0.1, 0.15) is 0 Å². The van der Waals surface area contributed by atoms with E-state index in [2.05, 4.69) is 17.3 Å². The lowest BCUT2D eigenvalue weighted by Gasteiger charge is -2.05. The van der Waals surface area contributed by atoms with Crippen LogP contribution in [0.25, 0.3) is 0 Å². The van der Waals surface area contributed by atoms with Crippen LogP contribution in [-0.4, -0.2) is 21.5 Å². The third-order valence-corrected chi connectivity index (χ3v) is 4.75. The lowest BCUT2D eigenvalue weighted by atomic mass is 10.2. The van der Waals surface area contributed by atoms with E-state index in [4.69, 9.17) is 0 Å². The Morgan fingerprint density at radius 1 is 1.27 bits per heavy atom. The maximum absolute atomic E-state index is 12.2. The Kier molecular flexibility index (Phi) is 5.13. The minimum absolute atomic E-state index is 0.0171. The lowest BCUT2D eigenvalue weighted by Crippen LogP contribution is -2.22. The minimum atomic E-state index is -0.153. The van der Waals surface area contributed by atoms with Crippen LogP contribution in [-0.2, 0) is 13.1 Å². The molecule has 2 heterocycles. The Labute approximate surface area is 134 Å². The van der Waals surface area contributed by atoms with Crippen molar-refractivity contribution in [1.29, 1.82) is 0 Å². The van der Waals surface area contributed by atoms with E-state index in [1.165, 1.54) is 18.3 Å². The van der Waals surface area contributed by atoms with Gasteiger partial charge in [0.15, 0.2) is 5.78 Å². The number of aromatic nitrogens is 2. The molecule has 0 radical (unpaired) electrons. The Balaban J connectivity index is 2.06. The van der Waals surface area contributed by atoms with Gasteiger partial charge < -0.3 is 5.32 Å². The largest absolute Gasteiger partial charge is 0.347 e. The number of thiophene rings is 1. The molecule has 0 bridgehead atoms. The minimum Gasteiger partial charge on any atom is -0.347 e. The van der Waals surface area contributed by atoms with Crippen molar-refractivity contribution in [2.45, 2.75) is 47.2 Å². The molecular weight excluding hydrogens is 298 g/mol. The number of ketones is 1. The van der Waals surface area contributed by atoms with Gasteiger partial charge in [-0.15, -0.1) is 11.3 Å². The van der Waals surface area contributed by atoms with E-state index < -0.39 is 0 Å². The maximum Gasteiger partial charge on any atom is 0.261 e. The van der Waals surface area contributed by atoms with Crippen LogP contribution in [0.15, 0.2) is 12.1 Å². The number of carbonyl (C=O) groups excluding carboxylic acids is 2. The van der Waals surface area contributed by atoms with Crippen LogP contribution in [0.3, 0.4) is 0 Å². The average Bonchev–Trinajstić information content (AvgIpc) is 3.05. The van der Waals surface area contributed by atoms with Crippen LogP contribution in [0.2, 0.25) is 0 Å². The molecule has 0 spiro atoms. The number of hydrogen-bond acceptors (Lipinski definition) is 4. The lowest BCUT2D eigenvalue weighted by molar-refractivity contribution is 0.0954. The molecule has 1 amide bonds. The third kappa shape index (κ3) is 3.44. The standard InChI is InChI=1S/C16H21N3O2S/c1-5-8-19-11(3)13(10(2)18-19)9-17-16(21)15-7-6-14(22-15)12(4)20/h6-7H,5,8-9H2,1-4H3,(H,17,21). The molecule has 0 saturated carbocycles. The number of aryl methyl sites for hydroxylation is 2. The quantitative estimate of drug-likeness (QED) is 0.832. The molecule has 0 atom stereocenters. The van der Waals surface area contributed by atoms with Gasteiger partial charge >= 0.3 is 0 Å². The summed E-state index contributed by atoms with van der Waals surface area (Å²) in [7, 11) is 0. The first-order valence-electron chi connectivity index (χ1n) is 7.35. The van der Waals surface area contributed by atoms with Crippen molar-refractivity contribution >= 4 is 23.0 Å². The molecule has 2 aromatic rings. The molecule has 118 valence electrons. The second-order valence-corrected chi connectivity index (χ2v) is 6.36. The second kappa shape index (κ2) is 6.87. The van der Waals surface area contributed by atoms with Gasteiger partial charge in [-0.25, -0.2) is 0 Å². The highest BCUT2D eigenvalue weighted by Gasteiger charge is 2.14. The van der Waals surface area contributed by atoms with Crippen LogP contribution < -0.4 is 5.32 Å². The SMILES string of the molecule is CCCn1nc(C)c(CNC(=O)c2ccc(C(C)=O)s2)c1C. The molecule has 0 fully saturated rings. The van der Waals surface area contributed by atoms with Crippen molar-refractivity contribution in [2.24, 2.45) is 0 Å². The Hall–Kier alpha value is -1.95. The average molecular weight is 319 g/mol. The number of amides is 1. The number of Topliss-reactive ketones (excluding diaryl/α,β-unsaturated/α-hetero) is 1. The van der Waals surface area contributed by atoms with Gasteiger partial charge in [0.05, 0.1) is 15.4 Å². The van der Waals surface area contributed by atoms with E-state index in [-0.39, 0.29) is 11.7 Å². The molecule has 22 heavy (non-hydrogen) atoms. The molecule has 2 aromatic heterocycles. The van der Waals surface area contributed by atoms with Crippen molar-refractivity contribution in [3.05, 3.63) is 38.8 Å². The van der Waals surface area contributed by atoms with E-state index in [9.17, 15) is 9.59 Å². The molecule has 0 aliphatic rings. The second-order valence-electron chi connectivity index (χ2n) is 5.28. The van der Waals surface area contributed by atoms with E-state index >= 15 is 0 Å². The smallest absolute Gasteiger partial charge is 0.261 e. The van der Waals surface area contributed by atoms with Crippen molar-refractivity contribution in [1.82, 2.24) is 15.1 Å². The fourth-order valence-electron chi connectivity index (χ4n) is 2.32. The molecule has 6 heteroatoms. The van der Waals surface area contributed by atoms with Crippen molar-refractivity contribution in [3.63, 3.8) is 0 Å². The first kappa shape index (κ1) is 16.4. The van der Waals surface area contributed by atoms with E-state index in [0.717, 1.165) is 29.9 Å². The summed E-state index contributed by atoms with van der Waals surface area (Å²) < 4.78 is 1.98. The third-order valence-electron chi connectivity index (χ3n) is 3.57. The normalized spacial score (nSPS) is 10.7. The zero-order chi connectivity index (χ0) is 16.3. The van der Waals surface area contributed by atoms with Crippen LogP contribution in [0, 0.1) is 13.8 Å². The molecule has 0 aromatic carbocycles. The number of carbonyl (C=O) groups is 2. The summed E-state index contributed by atoms with van der Waals surface area (Å²) in [6, 6.07) is 3.38. The van der Waals surface area contributed by atoms with Gasteiger partial charge in [-0.3, -0.25) is 14.3 Å². The summed E-state index contributed by atoms with van der Waals surface area (Å²) in [6.45, 7) is 8.93. The number of nitrogens with zero attached hydrogens (tertiary/aromatic N) is 2.